The maximum absolute atomic E-state index is 12.8. The van der Waals surface area contributed by atoms with Gasteiger partial charge in [0.25, 0.3) is 0 Å². The van der Waals surface area contributed by atoms with E-state index in [2.05, 4.69) is 31.7 Å². The third kappa shape index (κ3) is 5.13. The van der Waals surface area contributed by atoms with Crippen molar-refractivity contribution in [3.8, 4) is 0 Å². The van der Waals surface area contributed by atoms with Crippen molar-refractivity contribution in [1.29, 1.82) is 0 Å². The van der Waals surface area contributed by atoms with E-state index in [1.807, 2.05) is 11.8 Å². The van der Waals surface area contributed by atoms with Gasteiger partial charge in [0.2, 0.25) is 5.91 Å². The number of fused-ring (bicyclic) bond motifs is 5. The van der Waals surface area contributed by atoms with E-state index in [4.69, 9.17) is 4.52 Å². The van der Waals surface area contributed by atoms with Crippen LogP contribution in [0.3, 0.4) is 0 Å². The number of phosphoric ester groups is 1. The number of carbonyl (C=O) groups excluding carboxylic acids is 1. The third-order valence-electron chi connectivity index (χ3n) is 11.3. The molecule has 1 heterocycles. The van der Waals surface area contributed by atoms with E-state index in [0.717, 1.165) is 56.2 Å². The number of nitrogens with zero attached hydrogens (tertiary/aromatic N) is 1. The highest BCUT2D eigenvalue weighted by molar-refractivity contribution is 7.99. The van der Waals surface area contributed by atoms with E-state index < -0.39 is 7.82 Å². The number of amides is 1. The van der Waals surface area contributed by atoms with Crippen molar-refractivity contribution in [2.24, 2.45) is 40.4 Å². The largest absolute Gasteiger partial charge is 0.469 e. The summed E-state index contributed by atoms with van der Waals surface area (Å²) in [6, 6.07) is 0. The highest BCUT2D eigenvalue weighted by Gasteiger charge is 2.59. The van der Waals surface area contributed by atoms with Crippen molar-refractivity contribution >= 4 is 25.5 Å². The first-order chi connectivity index (χ1) is 17.0. The molecule has 0 bridgehead atoms. The fourth-order valence-electron chi connectivity index (χ4n) is 9.41. The van der Waals surface area contributed by atoms with Crippen LogP contribution in [0.25, 0.3) is 0 Å². The molecule has 4 aliphatic carbocycles. The molecule has 4 fully saturated rings. The minimum Gasteiger partial charge on any atom is -0.341 e. The number of hydrogen-bond donors (Lipinski definition) is 2. The number of hydrogen-bond acceptors (Lipinski definition) is 4. The fourth-order valence-corrected chi connectivity index (χ4v) is 10.9. The molecule has 0 spiro atoms. The Bertz CT molecular complexity index is 916. The smallest absolute Gasteiger partial charge is 0.341 e. The second kappa shape index (κ2) is 10.3. The molecular formula is C28H46NO5PS. The summed E-state index contributed by atoms with van der Waals surface area (Å²) in [4.78, 5) is 33.5. The lowest BCUT2D eigenvalue weighted by molar-refractivity contribution is -0.131. The monoisotopic (exact) mass is 539 g/mol. The van der Waals surface area contributed by atoms with Gasteiger partial charge in [-0.25, -0.2) is 4.57 Å². The average molecular weight is 540 g/mol. The summed E-state index contributed by atoms with van der Waals surface area (Å²) in [5.41, 5.74) is 1.89. The van der Waals surface area contributed by atoms with Crippen LogP contribution in [0.15, 0.2) is 11.6 Å². The normalized spacial score (nSPS) is 41.6. The SMILES string of the molecule is CC(CCC(=O)N1CCSCC1)C1CCC2C3CC=C4CC(OP(=O)(O)O)CCC4(C)C3CCC12C. The van der Waals surface area contributed by atoms with Gasteiger partial charge in [-0.3, -0.25) is 9.32 Å². The first-order valence-corrected chi connectivity index (χ1v) is 17.0. The van der Waals surface area contributed by atoms with Crippen LogP contribution in [-0.2, 0) is 13.9 Å². The fraction of sp³-hybridized carbons (Fsp3) is 0.893. The van der Waals surface area contributed by atoms with Gasteiger partial charge in [-0.2, -0.15) is 11.8 Å². The van der Waals surface area contributed by atoms with Gasteiger partial charge in [-0.1, -0.05) is 32.4 Å². The van der Waals surface area contributed by atoms with Crippen LogP contribution in [0, 0.1) is 40.4 Å². The molecule has 1 aliphatic heterocycles. The molecular weight excluding hydrogens is 493 g/mol. The Morgan fingerprint density at radius 3 is 2.64 bits per heavy atom. The van der Waals surface area contributed by atoms with Gasteiger partial charge in [0.15, 0.2) is 0 Å². The Morgan fingerprint density at radius 1 is 1.17 bits per heavy atom. The summed E-state index contributed by atoms with van der Waals surface area (Å²) < 4.78 is 16.5. The Morgan fingerprint density at radius 2 is 1.92 bits per heavy atom. The molecule has 5 aliphatic rings. The van der Waals surface area contributed by atoms with Gasteiger partial charge in [0, 0.05) is 31.0 Å². The van der Waals surface area contributed by atoms with E-state index in [1.54, 1.807) is 0 Å². The van der Waals surface area contributed by atoms with Crippen molar-refractivity contribution in [3.05, 3.63) is 11.6 Å². The van der Waals surface area contributed by atoms with E-state index >= 15 is 0 Å². The maximum atomic E-state index is 12.8. The Labute approximate surface area is 221 Å². The van der Waals surface area contributed by atoms with E-state index in [9.17, 15) is 19.1 Å². The highest BCUT2D eigenvalue weighted by atomic mass is 32.2. The number of thioether (sulfide) groups is 1. The molecule has 0 radical (unpaired) electrons. The molecule has 0 aromatic heterocycles. The molecule has 0 aromatic rings. The molecule has 8 unspecified atom stereocenters. The first-order valence-electron chi connectivity index (χ1n) is 14.3. The second-order valence-corrected chi connectivity index (χ2v) is 15.4. The Kier molecular flexibility index (Phi) is 7.82. The Balaban J connectivity index is 1.24. The van der Waals surface area contributed by atoms with Gasteiger partial charge < -0.3 is 14.7 Å². The van der Waals surface area contributed by atoms with Crippen molar-refractivity contribution < 1.29 is 23.7 Å². The first kappa shape index (κ1) is 27.2. The van der Waals surface area contributed by atoms with Gasteiger partial charge in [-0.05, 0) is 98.2 Å². The average Bonchev–Trinajstić information content (AvgIpc) is 3.19. The number of phosphoric acid groups is 1. The van der Waals surface area contributed by atoms with Gasteiger partial charge >= 0.3 is 7.82 Å². The zero-order chi connectivity index (χ0) is 25.7. The quantitative estimate of drug-likeness (QED) is 0.316. The zero-order valence-corrected chi connectivity index (χ0v) is 24.1. The standard InChI is InChI=1S/C28H46NO5PS/c1-19(4-9-26(30)29-14-16-36-17-15-29)23-7-8-24-22-6-5-20-18-21(34-35(31,32)33)10-12-27(20,2)25(22)11-13-28(23,24)3/h5,19,21-25H,4,6-18H2,1-3H3,(H2,31,32,33). The predicted octanol–water partition coefficient (Wildman–Crippen LogP) is 6.04. The third-order valence-corrected chi connectivity index (χ3v) is 12.8. The molecule has 2 N–H and O–H groups in total. The van der Waals surface area contributed by atoms with E-state index in [1.165, 1.54) is 31.3 Å². The van der Waals surface area contributed by atoms with Crippen LogP contribution in [0.2, 0.25) is 0 Å². The minimum atomic E-state index is -4.44. The molecule has 6 nitrogen and oxygen atoms in total. The lowest BCUT2D eigenvalue weighted by Gasteiger charge is -2.58. The van der Waals surface area contributed by atoms with Crippen LogP contribution in [0.1, 0.15) is 85.0 Å². The van der Waals surface area contributed by atoms with Crippen LogP contribution in [0.5, 0.6) is 0 Å². The van der Waals surface area contributed by atoms with E-state index in [-0.39, 0.29) is 11.5 Å². The molecule has 8 heteroatoms. The van der Waals surface area contributed by atoms with Gasteiger partial charge in [-0.15, -0.1) is 0 Å². The second-order valence-electron chi connectivity index (χ2n) is 13.0. The molecule has 204 valence electrons. The molecule has 8 atom stereocenters. The summed E-state index contributed by atoms with van der Waals surface area (Å²) >= 11 is 1.95. The summed E-state index contributed by atoms with van der Waals surface area (Å²) in [5.74, 6) is 5.95. The molecule has 36 heavy (non-hydrogen) atoms. The zero-order valence-electron chi connectivity index (χ0n) is 22.4. The van der Waals surface area contributed by atoms with Crippen LogP contribution < -0.4 is 0 Å². The highest BCUT2D eigenvalue weighted by Crippen LogP contribution is 2.67. The summed E-state index contributed by atoms with van der Waals surface area (Å²) in [6.45, 7) is 9.24. The maximum Gasteiger partial charge on any atom is 0.469 e. The molecule has 0 aromatic carbocycles. The van der Waals surface area contributed by atoms with Crippen molar-refractivity contribution in [2.45, 2.75) is 91.1 Å². The Hall–Kier alpha value is -0.330. The van der Waals surface area contributed by atoms with E-state index in [0.29, 0.717) is 47.8 Å². The predicted molar refractivity (Wildman–Crippen MR) is 144 cm³/mol. The lowest BCUT2D eigenvalue weighted by atomic mass is 9.47. The summed E-state index contributed by atoms with van der Waals surface area (Å²) in [7, 11) is -4.44. The molecule has 5 rings (SSSR count). The molecule has 3 saturated carbocycles. The molecule has 1 amide bonds. The molecule has 1 saturated heterocycles. The van der Waals surface area contributed by atoms with Gasteiger partial charge in [0.1, 0.15) is 0 Å². The number of carbonyl (C=O) groups is 1. The van der Waals surface area contributed by atoms with Crippen molar-refractivity contribution in [1.82, 2.24) is 4.90 Å². The van der Waals surface area contributed by atoms with Gasteiger partial charge in [0.05, 0.1) is 6.10 Å². The summed E-state index contributed by atoms with van der Waals surface area (Å²) in [6.07, 6.45) is 12.4. The van der Waals surface area contributed by atoms with Crippen molar-refractivity contribution in [3.63, 3.8) is 0 Å². The number of rotatable bonds is 6. The summed E-state index contributed by atoms with van der Waals surface area (Å²) in [5, 5.41) is 0. The lowest BCUT2D eigenvalue weighted by Crippen LogP contribution is -2.51. The van der Waals surface area contributed by atoms with Crippen LogP contribution in [0.4, 0.5) is 0 Å². The van der Waals surface area contributed by atoms with Crippen molar-refractivity contribution in [2.75, 3.05) is 24.6 Å². The number of allylic oxidation sites excluding steroid dienone is 1. The van der Waals surface area contributed by atoms with Crippen LogP contribution >= 0.6 is 19.6 Å². The van der Waals surface area contributed by atoms with Crippen LogP contribution in [-0.4, -0.2) is 51.3 Å². The topological polar surface area (TPSA) is 87.1 Å². The minimum absolute atomic E-state index is 0.141.